The van der Waals surface area contributed by atoms with Crippen LogP contribution in [0.5, 0.6) is 0 Å². The van der Waals surface area contributed by atoms with E-state index >= 15 is 0 Å². The fourth-order valence-electron chi connectivity index (χ4n) is 3.12. The second kappa shape index (κ2) is 5.64. The van der Waals surface area contributed by atoms with E-state index in [9.17, 15) is 4.79 Å². The van der Waals surface area contributed by atoms with E-state index in [2.05, 4.69) is 19.2 Å². The van der Waals surface area contributed by atoms with Crippen molar-refractivity contribution in [3.63, 3.8) is 0 Å². The summed E-state index contributed by atoms with van der Waals surface area (Å²) in [5, 5.41) is 3.66. The predicted octanol–water partition coefficient (Wildman–Crippen LogP) is 3.33. The minimum absolute atomic E-state index is 0.367. The van der Waals surface area contributed by atoms with Crippen LogP contribution in [-0.4, -0.2) is 11.9 Å². The highest BCUT2D eigenvalue weighted by molar-refractivity contribution is 5.93. The molecule has 1 saturated carbocycles. The molecule has 0 saturated heterocycles. The molecule has 0 aliphatic heterocycles. The molecule has 0 aromatic heterocycles. The predicted molar refractivity (Wildman–Crippen MR) is 79.3 cm³/mol. The topological polar surface area (TPSA) is 55.1 Å². The van der Waals surface area contributed by atoms with Gasteiger partial charge in [0.05, 0.1) is 0 Å². The third-order valence-corrected chi connectivity index (χ3v) is 4.38. The van der Waals surface area contributed by atoms with Crippen LogP contribution in [0.4, 0.5) is 5.69 Å². The molecule has 1 aliphatic carbocycles. The van der Waals surface area contributed by atoms with E-state index in [0.717, 1.165) is 11.3 Å². The first-order valence-corrected chi connectivity index (χ1v) is 7.16. The molecule has 2 atom stereocenters. The molecule has 19 heavy (non-hydrogen) atoms. The summed E-state index contributed by atoms with van der Waals surface area (Å²) >= 11 is 0. The van der Waals surface area contributed by atoms with Gasteiger partial charge in [0.1, 0.15) is 0 Å². The molecule has 1 aromatic carbocycles. The molecule has 0 heterocycles. The molecular weight excluding hydrogens is 236 g/mol. The Kier molecular flexibility index (Phi) is 4.13. The number of rotatable bonds is 3. The van der Waals surface area contributed by atoms with Gasteiger partial charge < -0.3 is 11.1 Å². The largest absolute Gasteiger partial charge is 0.382 e. The van der Waals surface area contributed by atoms with Crippen LogP contribution in [0.1, 0.15) is 49.0 Å². The molecule has 2 rings (SSSR count). The van der Waals surface area contributed by atoms with Crippen molar-refractivity contribution in [1.29, 1.82) is 0 Å². The minimum Gasteiger partial charge on any atom is -0.382 e. The average Bonchev–Trinajstić information content (AvgIpc) is 2.35. The van der Waals surface area contributed by atoms with Crippen molar-refractivity contribution in [3.8, 4) is 0 Å². The Labute approximate surface area is 115 Å². The highest BCUT2D eigenvalue weighted by atomic mass is 16.1. The van der Waals surface area contributed by atoms with Crippen LogP contribution >= 0.6 is 0 Å². The summed E-state index contributed by atoms with van der Waals surface area (Å²) in [5.74, 6) is 1.02. The first-order chi connectivity index (χ1) is 8.99. The number of amides is 1. The van der Waals surface area contributed by atoms with E-state index in [1.54, 1.807) is 6.07 Å². The number of anilines is 1. The second-order valence-electron chi connectivity index (χ2n) is 5.95. The molecule has 1 aromatic rings. The molecule has 1 aliphatic rings. The molecule has 0 radical (unpaired) electrons. The van der Waals surface area contributed by atoms with Crippen LogP contribution in [0.2, 0.25) is 0 Å². The minimum atomic E-state index is -0.367. The number of hydrogen-bond acceptors (Lipinski definition) is 2. The number of aryl methyl sites for hydroxylation is 1. The number of nitrogens with two attached hydrogens (primary N) is 1. The summed E-state index contributed by atoms with van der Waals surface area (Å²) in [7, 11) is 0. The Bertz CT molecular complexity index is 460. The molecular formula is C16H24N2O. The number of primary amides is 1. The molecule has 2 unspecified atom stereocenters. The van der Waals surface area contributed by atoms with Crippen molar-refractivity contribution < 1.29 is 4.79 Å². The standard InChI is InChI=1S/C16H24N2O/c1-10-5-4-6-11(2)15(10)18-14-8-7-13(16(17)19)9-12(14)3/h7-11,15,18H,4-6H2,1-3H3,(H2,17,19). The average molecular weight is 260 g/mol. The zero-order chi connectivity index (χ0) is 14.0. The van der Waals surface area contributed by atoms with E-state index in [-0.39, 0.29) is 5.91 Å². The number of hydrogen-bond donors (Lipinski definition) is 2. The SMILES string of the molecule is Cc1cc(C(N)=O)ccc1NC1C(C)CCCC1C. The van der Waals surface area contributed by atoms with E-state index in [4.69, 9.17) is 5.73 Å². The van der Waals surface area contributed by atoms with Crippen molar-refractivity contribution in [2.24, 2.45) is 17.6 Å². The summed E-state index contributed by atoms with van der Waals surface area (Å²) in [4.78, 5) is 11.2. The first-order valence-electron chi connectivity index (χ1n) is 7.16. The van der Waals surface area contributed by atoms with E-state index in [1.807, 2.05) is 19.1 Å². The summed E-state index contributed by atoms with van der Waals surface area (Å²) in [6.45, 7) is 6.66. The lowest BCUT2D eigenvalue weighted by molar-refractivity contribution is 0.1000. The van der Waals surface area contributed by atoms with Gasteiger partial charge in [0.15, 0.2) is 0 Å². The Morgan fingerprint density at radius 1 is 1.26 bits per heavy atom. The first kappa shape index (κ1) is 13.9. The monoisotopic (exact) mass is 260 g/mol. The summed E-state index contributed by atoms with van der Waals surface area (Å²) in [6, 6.07) is 6.16. The van der Waals surface area contributed by atoms with Crippen molar-refractivity contribution in [1.82, 2.24) is 0 Å². The molecule has 3 N–H and O–H groups in total. The van der Waals surface area contributed by atoms with Crippen molar-refractivity contribution in [2.45, 2.75) is 46.1 Å². The lowest BCUT2D eigenvalue weighted by Crippen LogP contribution is -2.37. The summed E-state index contributed by atoms with van der Waals surface area (Å²) in [6.07, 6.45) is 3.92. The number of carbonyl (C=O) groups excluding carboxylic acids is 1. The number of nitrogens with one attached hydrogen (secondary N) is 1. The van der Waals surface area contributed by atoms with Crippen LogP contribution in [0, 0.1) is 18.8 Å². The van der Waals surface area contributed by atoms with Crippen molar-refractivity contribution >= 4 is 11.6 Å². The fourth-order valence-corrected chi connectivity index (χ4v) is 3.12. The van der Waals surface area contributed by atoms with Gasteiger partial charge in [-0.3, -0.25) is 4.79 Å². The van der Waals surface area contributed by atoms with Crippen LogP contribution < -0.4 is 11.1 Å². The highest BCUT2D eigenvalue weighted by Crippen LogP contribution is 2.32. The third-order valence-electron chi connectivity index (χ3n) is 4.38. The van der Waals surface area contributed by atoms with Gasteiger partial charge in [-0.25, -0.2) is 0 Å². The molecule has 3 nitrogen and oxygen atoms in total. The second-order valence-corrected chi connectivity index (χ2v) is 5.95. The summed E-state index contributed by atoms with van der Waals surface area (Å²) in [5.41, 5.74) is 8.08. The Hall–Kier alpha value is -1.51. The molecule has 104 valence electrons. The Morgan fingerprint density at radius 3 is 2.42 bits per heavy atom. The Balaban J connectivity index is 2.16. The zero-order valence-corrected chi connectivity index (χ0v) is 12.1. The number of carbonyl (C=O) groups is 1. The molecule has 0 spiro atoms. The fraction of sp³-hybridized carbons (Fsp3) is 0.562. The lowest BCUT2D eigenvalue weighted by atomic mass is 9.78. The maximum Gasteiger partial charge on any atom is 0.248 e. The quantitative estimate of drug-likeness (QED) is 0.875. The van der Waals surface area contributed by atoms with Gasteiger partial charge in [-0.05, 0) is 55.4 Å². The third kappa shape index (κ3) is 3.09. The van der Waals surface area contributed by atoms with Crippen LogP contribution in [0.3, 0.4) is 0 Å². The highest BCUT2D eigenvalue weighted by Gasteiger charge is 2.27. The van der Waals surface area contributed by atoms with Crippen molar-refractivity contribution in [2.75, 3.05) is 5.32 Å². The van der Waals surface area contributed by atoms with E-state index in [1.165, 1.54) is 19.3 Å². The van der Waals surface area contributed by atoms with Crippen LogP contribution in [-0.2, 0) is 0 Å². The smallest absolute Gasteiger partial charge is 0.248 e. The zero-order valence-electron chi connectivity index (χ0n) is 12.1. The van der Waals surface area contributed by atoms with E-state index in [0.29, 0.717) is 23.4 Å². The van der Waals surface area contributed by atoms with Crippen LogP contribution in [0.25, 0.3) is 0 Å². The Morgan fingerprint density at radius 2 is 1.89 bits per heavy atom. The van der Waals surface area contributed by atoms with Crippen LogP contribution in [0.15, 0.2) is 18.2 Å². The van der Waals surface area contributed by atoms with Gasteiger partial charge in [0.2, 0.25) is 5.91 Å². The maximum atomic E-state index is 11.2. The van der Waals surface area contributed by atoms with Gasteiger partial charge >= 0.3 is 0 Å². The molecule has 3 heteroatoms. The lowest BCUT2D eigenvalue weighted by Gasteiger charge is -2.36. The van der Waals surface area contributed by atoms with Gasteiger partial charge in [-0.1, -0.05) is 20.3 Å². The number of benzene rings is 1. The normalized spacial score (nSPS) is 27.0. The molecule has 1 amide bonds. The molecule has 0 bridgehead atoms. The van der Waals surface area contributed by atoms with E-state index < -0.39 is 0 Å². The van der Waals surface area contributed by atoms with Gasteiger partial charge in [-0.15, -0.1) is 0 Å². The van der Waals surface area contributed by atoms with Gasteiger partial charge in [0, 0.05) is 17.3 Å². The van der Waals surface area contributed by atoms with Gasteiger partial charge in [-0.2, -0.15) is 0 Å². The van der Waals surface area contributed by atoms with Crippen molar-refractivity contribution in [3.05, 3.63) is 29.3 Å². The molecule has 1 fully saturated rings. The summed E-state index contributed by atoms with van der Waals surface area (Å²) < 4.78 is 0. The maximum absolute atomic E-state index is 11.2. The van der Waals surface area contributed by atoms with Gasteiger partial charge in [0.25, 0.3) is 0 Å².